The Hall–Kier alpha value is -0.983. The summed E-state index contributed by atoms with van der Waals surface area (Å²) in [5.74, 6) is 0. The molecule has 0 aliphatic carbocycles. The molecule has 134 valence electrons. The normalized spacial score (nSPS) is 15.7. The molecule has 0 aromatic carbocycles. The molecule has 0 radical (unpaired) electrons. The van der Waals surface area contributed by atoms with Crippen LogP contribution in [0.4, 0.5) is 0 Å². The van der Waals surface area contributed by atoms with Crippen molar-refractivity contribution in [2.75, 3.05) is 0 Å². The summed E-state index contributed by atoms with van der Waals surface area (Å²) < 4.78 is 8.79. The lowest BCUT2D eigenvalue weighted by atomic mass is 10.1. The molecule has 2 aromatic heterocycles. The highest BCUT2D eigenvalue weighted by Gasteiger charge is 2.40. The molecule has 0 saturated carbocycles. The highest BCUT2D eigenvalue weighted by Crippen LogP contribution is 2.39. The van der Waals surface area contributed by atoms with Gasteiger partial charge in [-0.3, -0.25) is 0 Å². The Morgan fingerprint density at radius 1 is 1.25 bits per heavy atom. The van der Waals surface area contributed by atoms with Crippen LogP contribution >= 0.6 is 11.6 Å². The molecule has 2 aromatic rings. The lowest BCUT2D eigenvalue weighted by Crippen LogP contribution is -2.45. The van der Waals surface area contributed by atoms with Crippen molar-refractivity contribution >= 4 is 31.1 Å². The van der Waals surface area contributed by atoms with E-state index in [-0.39, 0.29) is 17.2 Å². The summed E-state index contributed by atoms with van der Waals surface area (Å²) in [5.41, 5.74) is 1.41. The highest BCUT2D eigenvalue weighted by atomic mass is 35.5. The maximum atomic E-state index is 6.72. The zero-order chi connectivity index (χ0) is 18.1. The summed E-state index contributed by atoms with van der Waals surface area (Å²) in [4.78, 5) is 12.8. The second-order valence-corrected chi connectivity index (χ2v) is 13.0. The quantitative estimate of drug-likeness (QED) is 0.517. The second kappa shape index (κ2) is 7.10. The zero-order valence-corrected chi connectivity index (χ0v) is 17.6. The van der Waals surface area contributed by atoms with E-state index in [9.17, 15) is 0 Å². The molecular weight excluding hydrogens is 340 g/mol. The van der Waals surface area contributed by atoms with Gasteiger partial charge in [-0.2, -0.15) is 0 Å². The molecule has 2 heterocycles. The fraction of sp³-hybridized carbons (Fsp3) is 0.706. The van der Waals surface area contributed by atoms with Gasteiger partial charge in [0.2, 0.25) is 0 Å². The Balaban J connectivity index is 2.35. The number of hydrogen-bond donors (Lipinski definition) is 0. The van der Waals surface area contributed by atoms with Crippen molar-refractivity contribution in [1.29, 1.82) is 0 Å². The van der Waals surface area contributed by atoms with Crippen LogP contribution in [0.25, 0.3) is 11.2 Å². The number of hydrogen-bond acceptors (Lipinski definition) is 4. The molecule has 0 aliphatic rings. The number of halogens is 1. The lowest BCUT2D eigenvalue weighted by Gasteiger charge is -2.41. The van der Waals surface area contributed by atoms with Gasteiger partial charge in [-0.05, 0) is 31.5 Å². The highest BCUT2D eigenvalue weighted by molar-refractivity contribution is 6.74. The maximum Gasteiger partial charge on any atom is 0.192 e. The van der Waals surface area contributed by atoms with Gasteiger partial charge in [-0.15, -0.1) is 0 Å². The summed E-state index contributed by atoms with van der Waals surface area (Å²) in [6.07, 6.45) is 5.49. The van der Waals surface area contributed by atoms with Crippen LogP contribution in [0.3, 0.4) is 0 Å². The molecule has 0 fully saturated rings. The van der Waals surface area contributed by atoms with E-state index in [0.717, 1.165) is 18.5 Å². The smallest absolute Gasteiger partial charge is 0.192 e. The van der Waals surface area contributed by atoms with E-state index < -0.39 is 8.32 Å². The van der Waals surface area contributed by atoms with Gasteiger partial charge < -0.3 is 8.99 Å². The minimum Gasteiger partial charge on any atom is -0.412 e. The van der Waals surface area contributed by atoms with Crippen LogP contribution in [0.2, 0.25) is 23.3 Å². The predicted molar refractivity (Wildman–Crippen MR) is 102 cm³/mol. The van der Waals surface area contributed by atoms with E-state index >= 15 is 0 Å². The molecule has 2 atom stereocenters. The van der Waals surface area contributed by atoms with Gasteiger partial charge in [0, 0.05) is 0 Å². The van der Waals surface area contributed by atoms with Crippen LogP contribution in [-0.4, -0.2) is 33.9 Å². The van der Waals surface area contributed by atoms with Gasteiger partial charge in [-0.1, -0.05) is 45.7 Å². The number of rotatable bonds is 6. The SMILES string of the molecule is CCC[C@@H](O[Si](C)(C)C(C)(C)C)[C@@H](C)n1cnc2c(Cl)ncnc21. The van der Waals surface area contributed by atoms with Crippen molar-refractivity contribution in [3.63, 3.8) is 0 Å². The first-order valence-corrected chi connectivity index (χ1v) is 11.9. The van der Waals surface area contributed by atoms with Gasteiger partial charge in [0.1, 0.15) is 11.8 Å². The first kappa shape index (κ1) is 19.3. The number of imidazole rings is 1. The average molecular weight is 369 g/mol. The standard InChI is InChI=1S/C17H29ClN4OSi/c1-8-9-13(23-24(6,7)17(3,4)5)12(2)22-11-21-14-15(18)19-10-20-16(14)22/h10-13H,8-9H2,1-7H3/t12-,13-/m1/s1. The monoisotopic (exact) mass is 368 g/mol. The Bertz CT molecular complexity index is 695. The Labute approximate surface area is 150 Å². The van der Waals surface area contributed by atoms with Crippen LogP contribution < -0.4 is 0 Å². The maximum absolute atomic E-state index is 6.72. The first-order valence-electron chi connectivity index (χ1n) is 8.59. The fourth-order valence-electron chi connectivity index (χ4n) is 2.54. The molecule has 2 rings (SSSR count). The van der Waals surface area contributed by atoms with Crippen molar-refractivity contribution in [2.24, 2.45) is 0 Å². The zero-order valence-electron chi connectivity index (χ0n) is 15.8. The van der Waals surface area contributed by atoms with E-state index in [1.165, 1.54) is 6.33 Å². The van der Waals surface area contributed by atoms with Crippen LogP contribution in [0.5, 0.6) is 0 Å². The van der Waals surface area contributed by atoms with Crippen LogP contribution in [0.1, 0.15) is 53.5 Å². The van der Waals surface area contributed by atoms with Gasteiger partial charge in [0.25, 0.3) is 0 Å². The van der Waals surface area contributed by atoms with Crippen LogP contribution in [-0.2, 0) is 4.43 Å². The van der Waals surface area contributed by atoms with Gasteiger partial charge in [-0.25, -0.2) is 15.0 Å². The summed E-state index contributed by atoms with van der Waals surface area (Å²) in [6.45, 7) is 15.8. The van der Waals surface area contributed by atoms with E-state index in [4.69, 9.17) is 16.0 Å². The average Bonchev–Trinajstić information content (AvgIpc) is 2.90. The molecular formula is C17H29ClN4OSi. The van der Waals surface area contributed by atoms with Crippen molar-refractivity contribution in [3.05, 3.63) is 17.8 Å². The minimum atomic E-state index is -1.85. The molecule has 0 bridgehead atoms. The van der Waals surface area contributed by atoms with E-state index in [1.807, 2.05) is 0 Å². The Kier molecular flexibility index (Phi) is 5.72. The molecule has 0 spiro atoms. The molecule has 0 amide bonds. The summed E-state index contributed by atoms with van der Waals surface area (Å²) in [6, 6.07) is 0.134. The van der Waals surface area contributed by atoms with Crippen molar-refractivity contribution in [1.82, 2.24) is 19.5 Å². The molecule has 24 heavy (non-hydrogen) atoms. The topological polar surface area (TPSA) is 52.8 Å². The first-order chi connectivity index (χ1) is 11.1. The Morgan fingerprint density at radius 3 is 2.50 bits per heavy atom. The predicted octanol–water partition coefficient (Wildman–Crippen LogP) is 5.23. The van der Waals surface area contributed by atoms with Crippen molar-refractivity contribution < 1.29 is 4.43 Å². The Morgan fingerprint density at radius 2 is 1.92 bits per heavy atom. The van der Waals surface area contributed by atoms with Crippen molar-refractivity contribution in [3.8, 4) is 0 Å². The van der Waals surface area contributed by atoms with Gasteiger partial charge in [0.05, 0.1) is 18.5 Å². The van der Waals surface area contributed by atoms with Crippen molar-refractivity contribution in [2.45, 2.75) is 77.7 Å². The summed E-state index contributed by atoms with van der Waals surface area (Å²) in [5, 5.41) is 0.574. The van der Waals surface area contributed by atoms with E-state index in [1.54, 1.807) is 6.33 Å². The van der Waals surface area contributed by atoms with E-state index in [2.05, 4.69) is 67.2 Å². The lowest BCUT2D eigenvalue weighted by molar-refractivity contribution is 0.121. The molecule has 0 unspecified atom stereocenters. The summed E-state index contributed by atoms with van der Waals surface area (Å²) >= 11 is 6.13. The molecule has 7 heteroatoms. The molecule has 0 aliphatic heterocycles. The molecule has 0 saturated heterocycles. The van der Waals surface area contributed by atoms with Gasteiger partial charge in [0.15, 0.2) is 19.1 Å². The van der Waals surface area contributed by atoms with E-state index in [0.29, 0.717) is 10.7 Å². The largest absolute Gasteiger partial charge is 0.412 e. The number of nitrogens with zero attached hydrogens (tertiary/aromatic N) is 4. The minimum absolute atomic E-state index is 0.127. The summed E-state index contributed by atoms with van der Waals surface area (Å²) in [7, 11) is -1.85. The second-order valence-electron chi connectivity index (χ2n) is 7.93. The van der Waals surface area contributed by atoms with Crippen LogP contribution in [0.15, 0.2) is 12.7 Å². The molecule has 0 N–H and O–H groups in total. The fourth-order valence-corrected chi connectivity index (χ4v) is 4.14. The van der Waals surface area contributed by atoms with Gasteiger partial charge >= 0.3 is 0 Å². The third-order valence-electron chi connectivity index (χ3n) is 5.12. The number of fused-ring (bicyclic) bond motifs is 1. The van der Waals surface area contributed by atoms with Crippen LogP contribution in [0, 0.1) is 0 Å². The third kappa shape index (κ3) is 3.81. The number of aromatic nitrogens is 4. The third-order valence-corrected chi connectivity index (χ3v) is 9.90. The molecule has 5 nitrogen and oxygen atoms in total.